The van der Waals surface area contributed by atoms with Crippen LogP contribution in [-0.4, -0.2) is 37.6 Å². The minimum atomic E-state index is -0.293. The number of hydrogen-bond acceptors (Lipinski definition) is 2. The fraction of sp³-hybridized carbons (Fsp3) is 0.462. The van der Waals surface area contributed by atoms with Crippen LogP contribution >= 0.6 is 0 Å². The zero-order valence-corrected chi connectivity index (χ0v) is 10.5. The summed E-state index contributed by atoms with van der Waals surface area (Å²) in [6.07, 6.45) is 0. The van der Waals surface area contributed by atoms with Gasteiger partial charge in [0, 0.05) is 25.8 Å². The van der Waals surface area contributed by atoms with Crippen LogP contribution < -0.4 is 0 Å². The van der Waals surface area contributed by atoms with E-state index in [1.54, 1.807) is 24.9 Å². The smallest absolute Gasteiger partial charge is 0.253 e. The van der Waals surface area contributed by atoms with E-state index in [0.717, 1.165) is 0 Å². The second-order valence-electron chi connectivity index (χ2n) is 3.89. The Labute approximate surface area is 101 Å². The highest BCUT2D eigenvalue weighted by molar-refractivity contribution is 5.94. The second-order valence-corrected chi connectivity index (χ2v) is 3.89. The molecular formula is C13H18FNO2. The quantitative estimate of drug-likeness (QED) is 0.737. The van der Waals surface area contributed by atoms with Gasteiger partial charge >= 0.3 is 0 Å². The zero-order chi connectivity index (χ0) is 12.8. The van der Waals surface area contributed by atoms with Crippen LogP contribution in [0.25, 0.3) is 0 Å². The molecule has 0 atom stereocenters. The van der Waals surface area contributed by atoms with E-state index in [2.05, 4.69) is 0 Å². The maximum atomic E-state index is 13.1. The highest BCUT2D eigenvalue weighted by atomic mass is 19.1. The normalized spacial score (nSPS) is 10.4. The number of carbonyl (C=O) groups is 1. The summed E-state index contributed by atoms with van der Waals surface area (Å²) in [5.74, 6) is -0.411. The van der Waals surface area contributed by atoms with Gasteiger partial charge in [0.2, 0.25) is 0 Å². The summed E-state index contributed by atoms with van der Waals surface area (Å²) < 4.78 is 18.2. The Bertz CT molecular complexity index is 393. The molecule has 0 unspecified atom stereocenters. The first-order valence-electron chi connectivity index (χ1n) is 5.65. The number of hydrogen-bond donors (Lipinski definition) is 0. The van der Waals surface area contributed by atoms with E-state index in [1.165, 1.54) is 12.1 Å². The van der Waals surface area contributed by atoms with Crippen molar-refractivity contribution in [3.63, 3.8) is 0 Å². The summed E-state index contributed by atoms with van der Waals surface area (Å²) in [6.45, 7) is 5.23. The van der Waals surface area contributed by atoms with Gasteiger partial charge in [-0.05, 0) is 37.6 Å². The van der Waals surface area contributed by atoms with Crippen molar-refractivity contribution in [1.82, 2.24) is 4.90 Å². The van der Waals surface area contributed by atoms with Crippen molar-refractivity contribution in [3.05, 3.63) is 35.1 Å². The zero-order valence-electron chi connectivity index (χ0n) is 10.5. The number of halogens is 1. The molecule has 17 heavy (non-hydrogen) atoms. The number of benzene rings is 1. The van der Waals surface area contributed by atoms with Crippen molar-refractivity contribution in [2.75, 3.05) is 26.8 Å². The second kappa shape index (κ2) is 6.35. The largest absolute Gasteiger partial charge is 0.380 e. The fourth-order valence-electron chi connectivity index (χ4n) is 1.45. The van der Waals surface area contributed by atoms with Gasteiger partial charge in [0.05, 0.1) is 6.61 Å². The number of aryl methyl sites for hydroxylation is 1. The van der Waals surface area contributed by atoms with E-state index in [1.807, 2.05) is 6.92 Å². The van der Waals surface area contributed by atoms with E-state index in [9.17, 15) is 9.18 Å². The van der Waals surface area contributed by atoms with Gasteiger partial charge in [-0.2, -0.15) is 0 Å². The van der Waals surface area contributed by atoms with Gasteiger partial charge in [-0.15, -0.1) is 0 Å². The van der Waals surface area contributed by atoms with Crippen molar-refractivity contribution in [2.45, 2.75) is 13.8 Å². The average molecular weight is 239 g/mol. The molecule has 0 aliphatic carbocycles. The molecule has 94 valence electrons. The molecule has 3 nitrogen and oxygen atoms in total. The maximum absolute atomic E-state index is 13.1. The fourth-order valence-corrected chi connectivity index (χ4v) is 1.45. The van der Waals surface area contributed by atoms with Crippen molar-refractivity contribution < 1.29 is 13.9 Å². The van der Waals surface area contributed by atoms with E-state index in [-0.39, 0.29) is 11.7 Å². The standard InChI is InChI=1S/C13H18FNO2/c1-4-17-8-7-15(3)13(16)11-5-6-12(14)10(2)9-11/h5-6,9H,4,7-8H2,1-3H3. The molecule has 0 heterocycles. The number of carbonyl (C=O) groups excluding carboxylic acids is 1. The number of nitrogens with zero attached hydrogens (tertiary/aromatic N) is 1. The molecule has 0 aliphatic rings. The van der Waals surface area contributed by atoms with Crippen LogP contribution in [0, 0.1) is 12.7 Å². The number of ether oxygens (including phenoxy) is 1. The van der Waals surface area contributed by atoms with Gasteiger partial charge in [-0.25, -0.2) is 4.39 Å². The van der Waals surface area contributed by atoms with Gasteiger partial charge in [-0.1, -0.05) is 0 Å². The van der Waals surface area contributed by atoms with Gasteiger partial charge in [0.1, 0.15) is 5.82 Å². The number of amides is 1. The molecule has 0 saturated carbocycles. The molecule has 0 N–H and O–H groups in total. The Kier molecular flexibility index (Phi) is 5.10. The molecule has 0 spiro atoms. The van der Waals surface area contributed by atoms with Crippen LogP contribution in [0.2, 0.25) is 0 Å². The lowest BCUT2D eigenvalue weighted by molar-refractivity contribution is 0.0710. The Hall–Kier alpha value is -1.42. The molecule has 0 bridgehead atoms. The minimum absolute atomic E-state index is 0.118. The van der Waals surface area contributed by atoms with Crippen LogP contribution in [0.5, 0.6) is 0 Å². The summed E-state index contributed by atoms with van der Waals surface area (Å²) >= 11 is 0. The highest BCUT2D eigenvalue weighted by Gasteiger charge is 2.12. The maximum Gasteiger partial charge on any atom is 0.253 e. The summed E-state index contributed by atoms with van der Waals surface area (Å²) in [6, 6.07) is 4.38. The molecule has 1 aromatic carbocycles. The Morgan fingerprint density at radius 3 is 2.76 bits per heavy atom. The third kappa shape index (κ3) is 3.82. The summed E-state index contributed by atoms with van der Waals surface area (Å²) in [5.41, 5.74) is 0.983. The van der Waals surface area contributed by atoms with Gasteiger partial charge in [0.25, 0.3) is 5.91 Å². The summed E-state index contributed by atoms with van der Waals surface area (Å²) in [5, 5.41) is 0. The molecular weight excluding hydrogens is 221 g/mol. The average Bonchev–Trinajstić information content (AvgIpc) is 2.32. The third-order valence-electron chi connectivity index (χ3n) is 2.53. The number of rotatable bonds is 5. The molecule has 0 aromatic heterocycles. The molecule has 1 aromatic rings. The lowest BCUT2D eigenvalue weighted by Gasteiger charge is -2.17. The molecule has 0 fully saturated rings. The van der Waals surface area contributed by atoms with Crippen molar-refractivity contribution in [1.29, 1.82) is 0 Å². The van der Waals surface area contributed by atoms with Gasteiger partial charge in [-0.3, -0.25) is 4.79 Å². The topological polar surface area (TPSA) is 29.5 Å². The summed E-state index contributed by atoms with van der Waals surface area (Å²) in [4.78, 5) is 13.5. The lowest BCUT2D eigenvalue weighted by Crippen LogP contribution is -2.30. The van der Waals surface area contributed by atoms with E-state index >= 15 is 0 Å². The van der Waals surface area contributed by atoms with E-state index in [4.69, 9.17) is 4.74 Å². The van der Waals surface area contributed by atoms with E-state index < -0.39 is 0 Å². The lowest BCUT2D eigenvalue weighted by atomic mass is 10.1. The van der Waals surface area contributed by atoms with Crippen molar-refractivity contribution >= 4 is 5.91 Å². The van der Waals surface area contributed by atoms with Crippen molar-refractivity contribution in [3.8, 4) is 0 Å². The molecule has 0 aliphatic heterocycles. The highest BCUT2D eigenvalue weighted by Crippen LogP contribution is 2.10. The first-order chi connectivity index (χ1) is 8.06. The Morgan fingerprint density at radius 1 is 1.47 bits per heavy atom. The van der Waals surface area contributed by atoms with Crippen LogP contribution in [0.3, 0.4) is 0 Å². The van der Waals surface area contributed by atoms with Crippen LogP contribution in [0.15, 0.2) is 18.2 Å². The first-order valence-corrected chi connectivity index (χ1v) is 5.65. The molecule has 1 amide bonds. The Balaban J connectivity index is 2.65. The van der Waals surface area contributed by atoms with Gasteiger partial charge in [0.15, 0.2) is 0 Å². The van der Waals surface area contributed by atoms with Crippen LogP contribution in [-0.2, 0) is 4.74 Å². The van der Waals surface area contributed by atoms with Crippen LogP contribution in [0.1, 0.15) is 22.8 Å². The SMILES string of the molecule is CCOCCN(C)C(=O)c1ccc(F)c(C)c1. The molecule has 0 saturated heterocycles. The van der Waals surface area contributed by atoms with Crippen LogP contribution in [0.4, 0.5) is 4.39 Å². The molecule has 0 radical (unpaired) electrons. The third-order valence-corrected chi connectivity index (χ3v) is 2.53. The predicted molar refractivity (Wildman–Crippen MR) is 64.6 cm³/mol. The van der Waals surface area contributed by atoms with Crippen molar-refractivity contribution in [2.24, 2.45) is 0 Å². The monoisotopic (exact) mass is 239 g/mol. The number of likely N-dealkylation sites (N-methyl/N-ethyl adjacent to an activating group) is 1. The first kappa shape index (κ1) is 13.6. The van der Waals surface area contributed by atoms with Gasteiger partial charge < -0.3 is 9.64 Å². The molecule has 1 rings (SSSR count). The minimum Gasteiger partial charge on any atom is -0.380 e. The molecule has 4 heteroatoms. The van der Waals surface area contributed by atoms with E-state index in [0.29, 0.717) is 30.9 Å². The Morgan fingerprint density at radius 2 is 2.18 bits per heavy atom. The summed E-state index contributed by atoms with van der Waals surface area (Å²) in [7, 11) is 1.71. The predicted octanol–water partition coefficient (Wildman–Crippen LogP) is 2.24.